The number of carbonyl (C=O) groups is 1. The molecular weight excluding hydrogens is 294 g/mol. The summed E-state index contributed by atoms with van der Waals surface area (Å²) in [6, 6.07) is 11.6. The first-order valence-electron chi connectivity index (χ1n) is 7.87. The van der Waals surface area contributed by atoms with Gasteiger partial charge in [0.15, 0.2) is 12.0 Å². The van der Waals surface area contributed by atoms with Crippen LogP contribution in [-0.2, 0) is 9.47 Å². The quantitative estimate of drug-likeness (QED) is 0.945. The predicted molar refractivity (Wildman–Crippen MR) is 84.9 cm³/mol. The van der Waals surface area contributed by atoms with Gasteiger partial charge in [-0.05, 0) is 29.8 Å². The Morgan fingerprint density at radius 3 is 2.57 bits per heavy atom. The van der Waals surface area contributed by atoms with E-state index in [0.717, 1.165) is 10.8 Å². The van der Waals surface area contributed by atoms with E-state index in [4.69, 9.17) is 9.47 Å². The molecule has 4 rings (SSSR count). The highest BCUT2D eigenvalue weighted by Gasteiger charge is 2.38. The van der Waals surface area contributed by atoms with Gasteiger partial charge in [-0.2, -0.15) is 0 Å². The molecule has 0 aliphatic carbocycles. The zero-order valence-electron chi connectivity index (χ0n) is 13.0. The second-order valence-corrected chi connectivity index (χ2v) is 6.24. The Morgan fingerprint density at radius 2 is 1.87 bits per heavy atom. The monoisotopic (exact) mass is 313 g/mol. The summed E-state index contributed by atoms with van der Waals surface area (Å²) in [5.41, 5.74) is 1.25. The summed E-state index contributed by atoms with van der Waals surface area (Å²) in [6.45, 7) is 3.40. The van der Waals surface area contributed by atoms with Crippen molar-refractivity contribution in [3.05, 3.63) is 47.5 Å². The number of amides is 1. The van der Waals surface area contributed by atoms with Gasteiger partial charge < -0.3 is 19.5 Å². The van der Waals surface area contributed by atoms with Crippen LogP contribution in [0.15, 0.2) is 36.4 Å². The van der Waals surface area contributed by atoms with Crippen LogP contribution in [0.3, 0.4) is 0 Å². The van der Waals surface area contributed by atoms with E-state index in [1.54, 1.807) is 0 Å². The van der Waals surface area contributed by atoms with Crippen molar-refractivity contribution in [1.82, 2.24) is 4.90 Å². The van der Waals surface area contributed by atoms with Crippen molar-refractivity contribution < 1.29 is 19.4 Å². The van der Waals surface area contributed by atoms with Gasteiger partial charge in [0.25, 0.3) is 5.91 Å². The zero-order chi connectivity index (χ0) is 16.0. The number of hydrogen-bond donors (Lipinski definition) is 1. The zero-order valence-corrected chi connectivity index (χ0v) is 13.0. The maximum Gasteiger partial charge on any atom is 0.256 e. The number of ether oxygens (including phenoxy) is 2. The Kier molecular flexibility index (Phi) is 3.37. The molecular formula is C18H19NO4. The minimum atomic E-state index is -0.910. The van der Waals surface area contributed by atoms with E-state index in [1.165, 1.54) is 4.90 Å². The number of fused-ring (bicyclic) bond motifs is 2. The number of aliphatic hydroxyl groups is 1. The second-order valence-electron chi connectivity index (χ2n) is 6.24. The van der Waals surface area contributed by atoms with Gasteiger partial charge in [-0.15, -0.1) is 0 Å². The van der Waals surface area contributed by atoms with E-state index >= 15 is 0 Å². The summed E-state index contributed by atoms with van der Waals surface area (Å²) in [5, 5.41) is 12.6. The summed E-state index contributed by atoms with van der Waals surface area (Å²) < 4.78 is 11.1. The van der Waals surface area contributed by atoms with Crippen LogP contribution in [0.5, 0.6) is 0 Å². The van der Waals surface area contributed by atoms with E-state index < -0.39 is 12.0 Å². The third-order valence-electron chi connectivity index (χ3n) is 4.69. The molecule has 0 saturated carbocycles. The molecule has 1 amide bonds. The molecule has 5 heteroatoms. The van der Waals surface area contributed by atoms with E-state index in [-0.39, 0.29) is 5.91 Å². The van der Waals surface area contributed by atoms with Gasteiger partial charge in [0.2, 0.25) is 0 Å². The summed E-state index contributed by atoms with van der Waals surface area (Å²) in [6.07, 6.45) is -0.379. The van der Waals surface area contributed by atoms with Crippen molar-refractivity contribution in [2.75, 3.05) is 19.8 Å². The van der Waals surface area contributed by atoms with Gasteiger partial charge in [0.1, 0.15) is 0 Å². The van der Waals surface area contributed by atoms with Gasteiger partial charge in [-0.3, -0.25) is 4.79 Å². The lowest BCUT2D eigenvalue weighted by Gasteiger charge is -2.27. The highest BCUT2D eigenvalue weighted by molar-refractivity contribution is 6.03. The number of carbonyl (C=O) groups excluding carboxylic acids is 1. The lowest BCUT2D eigenvalue weighted by Crippen LogP contribution is -2.35. The fourth-order valence-electron chi connectivity index (χ4n) is 3.34. The lowest BCUT2D eigenvalue weighted by atomic mass is 10.0. The number of nitrogens with zero attached hydrogens (tertiary/aromatic N) is 1. The largest absolute Gasteiger partial charge is 0.369 e. The molecule has 2 heterocycles. The molecule has 1 unspecified atom stereocenters. The minimum absolute atomic E-state index is 0.139. The average molecular weight is 313 g/mol. The summed E-state index contributed by atoms with van der Waals surface area (Å²) >= 11 is 0. The van der Waals surface area contributed by atoms with Gasteiger partial charge in [0, 0.05) is 24.1 Å². The first kappa shape index (κ1) is 14.6. The van der Waals surface area contributed by atoms with E-state index in [1.807, 2.05) is 43.3 Å². The summed E-state index contributed by atoms with van der Waals surface area (Å²) in [4.78, 5) is 14.1. The predicted octanol–water partition coefficient (Wildman–Crippen LogP) is 2.44. The molecule has 2 aliphatic rings. The highest BCUT2D eigenvalue weighted by atomic mass is 16.7. The van der Waals surface area contributed by atoms with Crippen LogP contribution in [0.1, 0.15) is 35.5 Å². The van der Waals surface area contributed by atoms with E-state index in [0.29, 0.717) is 37.3 Å². The SMILES string of the molecule is CC1(CCN2C(=O)c3cc4ccccc4cc3C2O)OCCO1. The molecule has 0 aromatic heterocycles. The molecule has 2 aromatic carbocycles. The Labute approximate surface area is 134 Å². The summed E-state index contributed by atoms with van der Waals surface area (Å²) in [7, 11) is 0. The minimum Gasteiger partial charge on any atom is -0.369 e. The van der Waals surface area contributed by atoms with Crippen molar-refractivity contribution in [2.45, 2.75) is 25.4 Å². The van der Waals surface area contributed by atoms with Crippen LogP contribution >= 0.6 is 0 Å². The smallest absolute Gasteiger partial charge is 0.256 e. The molecule has 120 valence electrons. The van der Waals surface area contributed by atoms with Gasteiger partial charge in [0.05, 0.1) is 13.2 Å². The fraction of sp³-hybridized carbons (Fsp3) is 0.389. The van der Waals surface area contributed by atoms with Crippen LogP contribution in [0.4, 0.5) is 0 Å². The Hall–Kier alpha value is -1.95. The molecule has 2 aromatic rings. The molecule has 1 atom stereocenters. The number of hydrogen-bond acceptors (Lipinski definition) is 4. The third-order valence-corrected chi connectivity index (χ3v) is 4.69. The van der Waals surface area contributed by atoms with Crippen LogP contribution in [0.25, 0.3) is 10.8 Å². The van der Waals surface area contributed by atoms with Crippen LogP contribution in [0, 0.1) is 0 Å². The standard InChI is InChI=1S/C18H19NO4/c1-18(22-8-9-23-18)6-7-19-16(20)14-10-12-4-2-3-5-13(12)11-15(14)17(19)21/h2-5,10-11,16,20H,6-9H2,1H3. The van der Waals surface area contributed by atoms with Crippen LogP contribution < -0.4 is 0 Å². The molecule has 0 radical (unpaired) electrons. The average Bonchev–Trinajstić information content (AvgIpc) is 3.08. The number of benzene rings is 2. The van der Waals surface area contributed by atoms with Crippen molar-refractivity contribution in [3.8, 4) is 0 Å². The maximum atomic E-state index is 12.6. The fourth-order valence-corrected chi connectivity index (χ4v) is 3.34. The van der Waals surface area contributed by atoms with Crippen molar-refractivity contribution in [3.63, 3.8) is 0 Å². The molecule has 2 aliphatic heterocycles. The topological polar surface area (TPSA) is 59.0 Å². The Morgan fingerprint density at radius 1 is 1.22 bits per heavy atom. The normalized spacial score (nSPS) is 22.8. The van der Waals surface area contributed by atoms with Gasteiger partial charge in [-0.1, -0.05) is 24.3 Å². The Balaban J connectivity index is 1.61. The number of rotatable bonds is 3. The van der Waals surface area contributed by atoms with E-state index in [2.05, 4.69) is 0 Å². The van der Waals surface area contributed by atoms with Crippen molar-refractivity contribution >= 4 is 16.7 Å². The molecule has 1 saturated heterocycles. The van der Waals surface area contributed by atoms with Gasteiger partial charge in [-0.25, -0.2) is 0 Å². The molecule has 1 fully saturated rings. The molecule has 5 nitrogen and oxygen atoms in total. The summed E-state index contributed by atoms with van der Waals surface area (Å²) in [5.74, 6) is -0.806. The lowest BCUT2D eigenvalue weighted by molar-refractivity contribution is -0.151. The molecule has 23 heavy (non-hydrogen) atoms. The van der Waals surface area contributed by atoms with Gasteiger partial charge >= 0.3 is 0 Å². The van der Waals surface area contributed by atoms with Crippen molar-refractivity contribution in [1.29, 1.82) is 0 Å². The first-order valence-corrected chi connectivity index (χ1v) is 7.87. The van der Waals surface area contributed by atoms with Crippen molar-refractivity contribution in [2.24, 2.45) is 0 Å². The molecule has 0 bridgehead atoms. The molecule has 1 N–H and O–H groups in total. The van der Waals surface area contributed by atoms with E-state index in [9.17, 15) is 9.90 Å². The third kappa shape index (κ3) is 2.41. The number of aliphatic hydroxyl groups excluding tert-OH is 1. The Bertz CT molecular complexity index is 767. The maximum absolute atomic E-state index is 12.6. The first-order chi connectivity index (χ1) is 11.1. The second kappa shape index (κ2) is 5.30. The van der Waals surface area contributed by atoms with Crippen LogP contribution in [-0.4, -0.2) is 41.5 Å². The van der Waals surface area contributed by atoms with Crippen LogP contribution in [0.2, 0.25) is 0 Å². The highest BCUT2D eigenvalue weighted by Crippen LogP contribution is 2.35. The molecule has 0 spiro atoms.